The van der Waals surface area contributed by atoms with Gasteiger partial charge in [0.05, 0.1) is 11.4 Å². The third kappa shape index (κ3) is 4.06. The third-order valence-corrected chi connectivity index (χ3v) is 4.47. The number of thioether (sulfide) groups is 1. The molecule has 0 bridgehead atoms. The monoisotopic (exact) mass is 295 g/mol. The van der Waals surface area contributed by atoms with Gasteiger partial charge in [0.1, 0.15) is 0 Å². The van der Waals surface area contributed by atoms with Crippen LogP contribution in [0.2, 0.25) is 0 Å². The van der Waals surface area contributed by atoms with Gasteiger partial charge in [-0.3, -0.25) is 0 Å². The van der Waals surface area contributed by atoms with E-state index in [1.165, 1.54) is 17.8 Å². The van der Waals surface area contributed by atoms with Gasteiger partial charge in [-0.25, -0.2) is 8.78 Å². The van der Waals surface area contributed by atoms with Crippen LogP contribution in [0.4, 0.5) is 8.78 Å². The highest BCUT2D eigenvalue weighted by molar-refractivity contribution is 7.98. The summed E-state index contributed by atoms with van der Waals surface area (Å²) in [6.45, 7) is 0.344. The van der Waals surface area contributed by atoms with Crippen molar-refractivity contribution in [1.82, 2.24) is 0 Å². The molecule has 2 N–H and O–H groups in total. The maximum Gasteiger partial charge on any atom is 0.159 e. The van der Waals surface area contributed by atoms with Crippen molar-refractivity contribution in [2.45, 2.75) is 10.6 Å². The molecule has 0 aliphatic rings. The molecule has 1 heterocycles. The lowest BCUT2D eigenvalue weighted by Gasteiger charge is -2.00. The van der Waals surface area contributed by atoms with E-state index in [1.807, 2.05) is 12.1 Å². The number of hydrogen-bond acceptors (Lipinski definition) is 3. The first-order valence-electron chi connectivity index (χ1n) is 5.54. The van der Waals surface area contributed by atoms with Crippen molar-refractivity contribution in [2.75, 3.05) is 6.54 Å². The molecule has 0 unspecified atom stereocenters. The standard InChI is InChI=1S/C14H11F2NS2/c15-13-6-5-11(8-14(13)16)18-9-12-4-3-10(19-12)2-1-7-17/h3-6,8H,7,9,17H2. The summed E-state index contributed by atoms with van der Waals surface area (Å²) < 4.78 is 25.8. The van der Waals surface area contributed by atoms with Crippen molar-refractivity contribution in [3.63, 3.8) is 0 Å². The zero-order chi connectivity index (χ0) is 13.7. The molecule has 0 radical (unpaired) electrons. The second kappa shape index (κ2) is 6.71. The highest BCUT2D eigenvalue weighted by atomic mass is 32.2. The predicted octanol–water partition coefficient (Wildman–Crippen LogP) is 3.63. The Balaban J connectivity index is 1.98. The van der Waals surface area contributed by atoms with E-state index < -0.39 is 11.6 Å². The SMILES string of the molecule is NCC#Cc1ccc(CSc2ccc(F)c(F)c2)s1. The summed E-state index contributed by atoms with van der Waals surface area (Å²) in [5, 5.41) is 0. The van der Waals surface area contributed by atoms with Gasteiger partial charge in [-0.05, 0) is 30.3 Å². The Labute approximate surface area is 118 Å². The summed E-state index contributed by atoms with van der Waals surface area (Å²) in [6.07, 6.45) is 0. The number of thiophene rings is 1. The Morgan fingerprint density at radius 2 is 2.00 bits per heavy atom. The molecule has 1 aromatic carbocycles. The third-order valence-electron chi connectivity index (χ3n) is 2.25. The fraction of sp³-hybridized carbons (Fsp3) is 0.143. The summed E-state index contributed by atoms with van der Waals surface area (Å²) in [4.78, 5) is 2.81. The second-order valence-corrected chi connectivity index (χ2v) is 5.85. The lowest BCUT2D eigenvalue weighted by molar-refractivity contribution is 0.506. The minimum absolute atomic E-state index is 0.344. The molecular formula is C14H11F2NS2. The van der Waals surface area contributed by atoms with Crippen molar-refractivity contribution < 1.29 is 8.78 Å². The lowest BCUT2D eigenvalue weighted by Crippen LogP contribution is -1.92. The molecule has 0 saturated carbocycles. The normalized spacial score (nSPS) is 10.1. The highest BCUT2D eigenvalue weighted by Gasteiger charge is 2.04. The molecule has 2 rings (SSSR count). The molecule has 98 valence electrons. The molecule has 1 aromatic heterocycles. The smallest absolute Gasteiger partial charge is 0.159 e. The average Bonchev–Trinajstić information content (AvgIpc) is 2.86. The van der Waals surface area contributed by atoms with Crippen LogP contribution < -0.4 is 5.73 Å². The largest absolute Gasteiger partial charge is 0.320 e. The fourth-order valence-corrected chi connectivity index (χ4v) is 3.23. The van der Waals surface area contributed by atoms with E-state index in [1.54, 1.807) is 17.4 Å². The van der Waals surface area contributed by atoms with Crippen LogP contribution in [0.3, 0.4) is 0 Å². The maximum absolute atomic E-state index is 13.0. The highest BCUT2D eigenvalue weighted by Crippen LogP contribution is 2.27. The van der Waals surface area contributed by atoms with Crippen molar-refractivity contribution in [2.24, 2.45) is 5.73 Å². The number of benzene rings is 1. The Kier molecular flexibility index (Phi) is 4.97. The average molecular weight is 295 g/mol. The van der Waals surface area contributed by atoms with Gasteiger partial charge in [0.2, 0.25) is 0 Å². The van der Waals surface area contributed by atoms with Crippen LogP contribution in [-0.4, -0.2) is 6.54 Å². The van der Waals surface area contributed by atoms with Crippen molar-refractivity contribution in [3.8, 4) is 11.8 Å². The van der Waals surface area contributed by atoms with Gasteiger partial charge in [-0.1, -0.05) is 11.8 Å². The number of nitrogens with two attached hydrogens (primary N) is 1. The molecule has 0 atom stereocenters. The second-order valence-electron chi connectivity index (χ2n) is 3.64. The van der Waals surface area contributed by atoms with E-state index in [-0.39, 0.29) is 0 Å². The topological polar surface area (TPSA) is 26.0 Å². The van der Waals surface area contributed by atoms with E-state index in [9.17, 15) is 8.78 Å². The number of rotatable bonds is 3. The summed E-state index contributed by atoms with van der Waals surface area (Å²) in [5.41, 5.74) is 5.30. The van der Waals surface area contributed by atoms with E-state index in [0.717, 1.165) is 15.8 Å². The molecule has 0 spiro atoms. The lowest BCUT2D eigenvalue weighted by atomic mass is 10.3. The molecule has 0 fully saturated rings. The molecule has 19 heavy (non-hydrogen) atoms. The maximum atomic E-state index is 13.0. The van der Waals surface area contributed by atoms with Gasteiger partial charge in [0, 0.05) is 15.5 Å². The van der Waals surface area contributed by atoms with E-state index in [0.29, 0.717) is 17.2 Å². The molecule has 5 heteroatoms. The van der Waals surface area contributed by atoms with Crippen LogP contribution in [0, 0.1) is 23.5 Å². The predicted molar refractivity (Wildman–Crippen MR) is 76.2 cm³/mol. The van der Waals surface area contributed by atoms with Gasteiger partial charge in [-0.2, -0.15) is 0 Å². The molecule has 2 aromatic rings. The molecule has 0 aliphatic carbocycles. The van der Waals surface area contributed by atoms with Gasteiger partial charge < -0.3 is 5.73 Å². The van der Waals surface area contributed by atoms with Crippen LogP contribution in [0.25, 0.3) is 0 Å². The van der Waals surface area contributed by atoms with Gasteiger partial charge in [-0.15, -0.1) is 23.1 Å². The molecule has 1 nitrogen and oxygen atoms in total. The van der Waals surface area contributed by atoms with Crippen molar-refractivity contribution >= 4 is 23.1 Å². The summed E-state index contributed by atoms with van der Waals surface area (Å²) in [6, 6.07) is 7.85. The minimum atomic E-state index is -0.820. The zero-order valence-corrected chi connectivity index (χ0v) is 11.6. The number of hydrogen-bond donors (Lipinski definition) is 1. The van der Waals surface area contributed by atoms with Crippen molar-refractivity contribution in [1.29, 1.82) is 0 Å². The Morgan fingerprint density at radius 1 is 1.16 bits per heavy atom. The van der Waals surface area contributed by atoms with Crippen LogP contribution >= 0.6 is 23.1 Å². The zero-order valence-electron chi connectivity index (χ0n) is 9.95. The summed E-state index contributed by atoms with van der Waals surface area (Å²) in [5.74, 6) is 4.83. The molecule has 0 saturated heterocycles. The number of halogens is 2. The van der Waals surface area contributed by atoms with Crippen LogP contribution in [0.15, 0.2) is 35.2 Å². The molecular weight excluding hydrogens is 284 g/mol. The summed E-state index contributed by atoms with van der Waals surface area (Å²) in [7, 11) is 0. The van der Waals surface area contributed by atoms with Crippen LogP contribution in [-0.2, 0) is 5.75 Å². The first-order valence-corrected chi connectivity index (χ1v) is 7.35. The minimum Gasteiger partial charge on any atom is -0.320 e. The fourth-order valence-electron chi connectivity index (χ4n) is 1.38. The quantitative estimate of drug-likeness (QED) is 0.691. The Hall–Kier alpha value is -1.35. The van der Waals surface area contributed by atoms with Crippen LogP contribution in [0.5, 0.6) is 0 Å². The summed E-state index contributed by atoms with van der Waals surface area (Å²) >= 11 is 3.05. The Morgan fingerprint density at radius 3 is 2.74 bits per heavy atom. The molecule has 0 aliphatic heterocycles. The first kappa shape index (κ1) is 14.1. The van der Waals surface area contributed by atoms with Gasteiger partial charge >= 0.3 is 0 Å². The van der Waals surface area contributed by atoms with E-state index >= 15 is 0 Å². The van der Waals surface area contributed by atoms with E-state index in [2.05, 4.69) is 11.8 Å². The molecule has 0 amide bonds. The van der Waals surface area contributed by atoms with Crippen LogP contribution in [0.1, 0.15) is 9.75 Å². The van der Waals surface area contributed by atoms with Crippen molar-refractivity contribution in [3.05, 3.63) is 51.7 Å². The van der Waals surface area contributed by atoms with E-state index in [4.69, 9.17) is 5.73 Å². The first-order chi connectivity index (χ1) is 9.19. The Bertz CT molecular complexity index is 626. The van der Waals surface area contributed by atoms with Gasteiger partial charge in [0.15, 0.2) is 11.6 Å². The van der Waals surface area contributed by atoms with Gasteiger partial charge in [0.25, 0.3) is 0 Å².